The number of Topliss-reactive ketones (excluding diaryl/α,β-unsaturated/α-hetero) is 2. The number of amides is 6. The maximum Gasteiger partial charge on any atom is 0.222 e. The second-order valence-corrected chi connectivity index (χ2v) is 17.4. The van der Waals surface area contributed by atoms with Crippen LogP contribution in [0.3, 0.4) is 0 Å². The first kappa shape index (κ1) is 82.9. The fourth-order valence-electron chi connectivity index (χ4n) is 6.23. The standard InChI is InChI=1S/C29H55N3O8.C20H37N3O8.3CH4.W/c1-4-25(33)13-5-9-17-37-21-29(22-38-18-10-6-14-26(30)34,23-39-19-11-7-15-27(35)31-2)24-40-20-12-8-16-28(36)32-3;1-3-16(24)4-8-28-12-20(13-29-9-5-17(21)25,14-30-10-6-18(22)26)15-31-11-7-19(27)23-2;;;;/h4-24H2,1-3H3,(H4,30,31,32,34,35,36);3-15H2,1-2H3,(H2,21,25)(H2,22,26)(H,23,27);3*1H4;/p-1. The van der Waals surface area contributed by atoms with Crippen LogP contribution >= 0.6 is 0 Å². The normalized spacial score (nSPS) is 10.7. The average molecular weight is 1250 g/mol. The van der Waals surface area contributed by atoms with Crippen molar-refractivity contribution in [2.45, 2.75) is 152 Å². The van der Waals surface area contributed by atoms with Gasteiger partial charge in [0, 0.05) is 132 Å². The number of nitrogens with two attached hydrogens (primary N) is 2. The molecular formula is C52H103N6O16W-. The molecule has 0 bridgehead atoms. The Morgan fingerprint density at radius 3 is 0.920 bits per heavy atom. The van der Waals surface area contributed by atoms with Gasteiger partial charge >= 0.3 is 0 Å². The second-order valence-electron chi connectivity index (χ2n) is 17.4. The zero-order chi connectivity index (χ0) is 53.4. The molecule has 0 heterocycles. The Morgan fingerprint density at radius 2 is 0.627 bits per heavy atom. The number of primary amides is 2. The van der Waals surface area contributed by atoms with E-state index in [-0.39, 0.29) is 158 Å². The molecule has 0 rings (SSSR count). The number of hydrogen-bond acceptors (Lipinski definition) is 16. The van der Waals surface area contributed by atoms with Crippen molar-refractivity contribution in [1.29, 1.82) is 0 Å². The van der Waals surface area contributed by atoms with E-state index in [0.717, 1.165) is 38.5 Å². The van der Waals surface area contributed by atoms with Crippen molar-refractivity contribution in [3.63, 3.8) is 0 Å². The van der Waals surface area contributed by atoms with Gasteiger partial charge in [-0.05, 0) is 57.8 Å². The van der Waals surface area contributed by atoms with E-state index in [1.807, 2.05) is 6.92 Å². The Hall–Kier alpha value is -3.47. The summed E-state index contributed by atoms with van der Waals surface area (Å²) in [5.74, 6) is -1.35. The maximum atomic E-state index is 11.6. The summed E-state index contributed by atoms with van der Waals surface area (Å²) in [6.45, 7) is 8.19. The van der Waals surface area contributed by atoms with Gasteiger partial charge in [0.05, 0.1) is 90.1 Å². The number of unbranched alkanes of at least 4 members (excludes halogenated alkanes) is 4. The predicted molar refractivity (Wildman–Crippen MR) is 286 cm³/mol. The number of nitrogens with one attached hydrogen (secondary N) is 4. The van der Waals surface area contributed by atoms with Crippen molar-refractivity contribution in [1.82, 2.24) is 16.0 Å². The van der Waals surface area contributed by atoms with E-state index in [1.165, 1.54) is 7.05 Å². The Labute approximate surface area is 465 Å². The van der Waals surface area contributed by atoms with E-state index in [4.69, 9.17) is 55.1 Å². The largest absolute Gasteiger partial charge is 0.668 e. The molecular weight excluding hydrogens is 1150 g/mol. The SMILES string of the molecule is C.C.C.CCC(=O)CCCCOCC(COCCCCC([NH-])=O)(COCCCCC(=O)NC)COCCCCC(=O)NC.CCC(=O)CCOCC(COCCC(N)=O)(COCCC(N)=O)COCCC(=O)NC.[W]. The van der Waals surface area contributed by atoms with Crippen molar-refractivity contribution < 1.29 is 97.3 Å². The van der Waals surface area contributed by atoms with E-state index < -0.39 is 28.6 Å². The monoisotopic (exact) mass is 1250 g/mol. The van der Waals surface area contributed by atoms with Crippen molar-refractivity contribution in [3.8, 4) is 0 Å². The molecule has 0 unspecified atom stereocenters. The van der Waals surface area contributed by atoms with Crippen molar-refractivity contribution >= 4 is 47.0 Å². The Kier molecular flexibility index (Phi) is 62.7. The summed E-state index contributed by atoms with van der Waals surface area (Å²) in [4.78, 5) is 90.2. The Balaban J connectivity index is -0.000000310. The second kappa shape index (κ2) is 56.7. The molecule has 0 aliphatic heterocycles. The minimum Gasteiger partial charge on any atom is -0.668 e. The van der Waals surface area contributed by atoms with Gasteiger partial charge in [0.2, 0.25) is 29.5 Å². The van der Waals surface area contributed by atoms with Gasteiger partial charge in [0.15, 0.2) is 0 Å². The van der Waals surface area contributed by atoms with Crippen LogP contribution in [-0.4, -0.2) is 174 Å². The number of ether oxygens (including phenoxy) is 8. The molecule has 22 nitrogen and oxygen atoms in total. The third-order valence-corrected chi connectivity index (χ3v) is 10.7. The molecule has 0 saturated heterocycles. The van der Waals surface area contributed by atoms with Crippen LogP contribution < -0.4 is 27.4 Å². The van der Waals surface area contributed by atoms with Crippen molar-refractivity contribution in [3.05, 3.63) is 5.73 Å². The third kappa shape index (κ3) is 53.7. The Morgan fingerprint density at radius 1 is 0.373 bits per heavy atom. The van der Waals surface area contributed by atoms with Crippen LogP contribution in [0.1, 0.15) is 152 Å². The molecule has 0 aliphatic carbocycles. The molecule has 0 radical (unpaired) electrons. The van der Waals surface area contributed by atoms with Crippen LogP contribution in [0.5, 0.6) is 0 Å². The predicted octanol–water partition coefficient (Wildman–Crippen LogP) is 4.97. The van der Waals surface area contributed by atoms with Gasteiger partial charge in [-0.25, -0.2) is 0 Å². The fraction of sp³-hybridized carbons (Fsp3) is 0.846. The van der Waals surface area contributed by atoms with E-state index >= 15 is 0 Å². The van der Waals surface area contributed by atoms with Crippen molar-refractivity contribution in [2.75, 3.05) is 127 Å². The molecule has 8 N–H and O–H groups in total. The smallest absolute Gasteiger partial charge is 0.222 e. The summed E-state index contributed by atoms with van der Waals surface area (Å²) in [6, 6.07) is 0. The molecule has 0 atom stereocenters. The van der Waals surface area contributed by atoms with Crippen LogP contribution in [0.2, 0.25) is 0 Å². The molecule has 0 saturated carbocycles. The molecule has 6 amide bonds. The average Bonchev–Trinajstić information content (AvgIpc) is 3.35. The molecule has 23 heteroatoms. The summed E-state index contributed by atoms with van der Waals surface area (Å²) in [5.41, 5.74) is 16.0. The van der Waals surface area contributed by atoms with Gasteiger partial charge in [0.1, 0.15) is 11.6 Å². The van der Waals surface area contributed by atoms with E-state index in [9.17, 15) is 38.4 Å². The summed E-state index contributed by atoms with van der Waals surface area (Å²) >= 11 is 0. The molecule has 0 aliphatic rings. The van der Waals surface area contributed by atoms with Crippen LogP contribution in [0, 0.1) is 10.8 Å². The molecule has 444 valence electrons. The third-order valence-electron chi connectivity index (χ3n) is 10.7. The zero-order valence-corrected chi connectivity index (χ0v) is 47.1. The van der Waals surface area contributed by atoms with Gasteiger partial charge in [0.25, 0.3) is 0 Å². The summed E-state index contributed by atoms with van der Waals surface area (Å²) in [6.07, 6.45) is 9.07. The van der Waals surface area contributed by atoms with Gasteiger partial charge in [-0.15, -0.1) is 0 Å². The molecule has 0 aromatic rings. The van der Waals surface area contributed by atoms with E-state index in [2.05, 4.69) is 16.0 Å². The molecule has 0 aromatic heterocycles. The first-order valence-electron chi connectivity index (χ1n) is 25.1. The molecule has 75 heavy (non-hydrogen) atoms. The van der Waals surface area contributed by atoms with Crippen LogP contribution in [0.15, 0.2) is 0 Å². The first-order valence-corrected chi connectivity index (χ1v) is 25.1. The molecule has 0 fully saturated rings. The number of rotatable bonds is 50. The van der Waals surface area contributed by atoms with Crippen LogP contribution in [-0.2, 0) is 97.3 Å². The first-order chi connectivity index (χ1) is 34.0. The van der Waals surface area contributed by atoms with E-state index in [0.29, 0.717) is 97.8 Å². The fourth-order valence-corrected chi connectivity index (χ4v) is 6.23. The maximum absolute atomic E-state index is 11.6. The summed E-state index contributed by atoms with van der Waals surface area (Å²) in [5, 5.41) is 7.75. The summed E-state index contributed by atoms with van der Waals surface area (Å²) in [7, 11) is 4.79. The molecule has 0 aromatic carbocycles. The topological polar surface area (TPSA) is 322 Å². The van der Waals surface area contributed by atoms with Crippen molar-refractivity contribution in [2.24, 2.45) is 22.3 Å². The van der Waals surface area contributed by atoms with Crippen LogP contribution in [0.4, 0.5) is 0 Å². The number of ketones is 2. The van der Waals surface area contributed by atoms with Gasteiger partial charge in [-0.1, -0.05) is 36.1 Å². The number of carbonyl (C=O) groups is 8. The summed E-state index contributed by atoms with van der Waals surface area (Å²) < 4.78 is 46.7. The van der Waals surface area contributed by atoms with Gasteiger partial charge in [-0.3, -0.25) is 33.6 Å². The zero-order valence-electron chi connectivity index (χ0n) is 44.1. The minimum absolute atomic E-state index is 0. The number of hydrogen-bond donors (Lipinski definition) is 5. The molecule has 0 spiro atoms. The van der Waals surface area contributed by atoms with Gasteiger partial charge < -0.3 is 75.8 Å². The van der Waals surface area contributed by atoms with E-state index in [1.54, 1.807) is 21.0 Å². The van der Waals surface area contributed by atoms with Crippen LogP contribution in [0.25, 0.3) is 5.73 Å². The van der Waals surface area contributed by atoms with Gasteiger partial charge in [-0.2, -0.15) is 0 Å². The Bertz CT molecular complexity index is 1350. The minimum atomic E-state index is -0.784. The quantitative estimate of drug-likeness (QED) is 0.0502. The number of carbonyl (C=O) groups excluding carboxylic acids is 8.